The Kier molecular flexibility index (Phi) is 3.06. The lowest BCUT2D eigenvalue weighted by Gasteiger charge is -2.27. The number of nitrogens with zero attached hydrogens (tertiary/aromatic N) is 1. The van der Waals surface area contributed by atoms with Crippen molar-refractivity contribution in [3.8, 4) is 5.75 Å². The molecule has 0 saturated carbocycles. The molecular formula is C13H15N3O2. The van der Waals surface area contributed by atoms with Crippen LogP contribution in [0.2, 0.25) is 0 Å². The molecule has 1 aliphatic heterocycles. The first-order valence-electron chi connectivity index (χ1n) is 5.57. The molecule has 94 valence electrons. The van der Waals surface area contributed by atoms with Gasteiger partial charge in [-0.2, -0.15) is 5.10 Å². The molecule has 0 saturated heterocycles. The van der Waals surface area contributed by atoms with Crippen LogP contribution in [0.15, 0.2) is 29.4 Å². The van der Waals surface area contributed by atoms with Crippen LogP contribution in [-0.4, -0.2) is 17.8 Å². The smallest absolute Gasteiger partial charge is 0.332 e. The summed E-state index contributed by atoms with van der Waals surface area (Å²) in [5.41, 5.74) is 8.61. The van der Waals surface area contributed by atoms with Crippen molar-refractivity contribution in [1.82, 2.24) is 5.43 Å². The molecule has 3 N–H and O–H groups in total. The number of ether oxygens (including phenoxy) is 1. The number of carbonyl (C=O) groups is 1. The minimum atomic E-state index is -0.686. The van der Waals surface area contributed by atoms with Gasteiger partial charge in [0.1, 0.15) is 11.4 Å². The molecule has 1 aliphatic rings. The van der Waals surface area contributed by atoms with Crippen LogP contribution < -0.4 is 15.9 Å². The van der Waals surface area contributed by atoms with Gasteiger partial charge in [-0.1, -0.05) is 6.08 Å². The molecule has 5 heteroatoms. The third-order valence-electron chi connectivity index (χ3n) is 2.46. The van der Waals surface area contributed by atoms with Crippen LogP contribution in [-0.2, 0) is 0 Å². The number of fused-ring (bicyclic) bond motifs is 1. The van der Waals surface area contributed by atoms with Crippen LogP contribution >= 0.6 is 0 Å². The fourth-order valence-electron chi connectivity index (χ4n) is 1.65. The first kappa shape index (κ1) is 12.2. The van der Waals surface area contributed by atoms with Gasteiger partial charge in [0, 0.05) is 5.56 Å². The number of carbonyl (C=O) groups excluding carboxylic acids is 1. The predicted molar refractivity (Wildman–Crippen MR) is 70.5 cm³/mol. The summed E-state index contributed by atoms with van der Waals surface area (Å²) in [6.45, 7) is 4.00. The van der Waals surface area contributed by atoms with Gasteiger partial charge in [-0.15, -0.1) is 0 Å². The number of rotatable bonds is 2. The zero-order valence-corrected chi connectivity index (χ0v) is 10.3. The molecule has 5 nitrogen and oxygen atoms in total. The van der Waals surface area contributed by atoms with Gasteiger partial charge in [0.15, 0.2) is 0 Å². The number of hydrogen-bond acceptors (Lipinski definition) is 3. The van der Waals surface area contributed by atoms with E-state index in [0.717, 1.165) is 16.9 Å². The zero-order chi connectivity index (χ0) is 13.2. The minimum absolute atomic E-state index is 0.282. The first-order chi connectivity index (χ1) is 8.46. The lowest BCUT2D eigenvalue weighted by atomic mass is 10.0. The highest BCUT2D eigenvalue weighted by molar-refractivity contribution is 5.83. The van der Waals surface area contributed by atoms with E-state index in [0.29, 0.717) is 0 Å². The molecule has 0 aliphatic carbocycles. The highest BCUT2D eigenvalue weighted by Crippen LogP contribution is 2.30. The number of amides is 2. The fourth-order valence-corrected chi connectivity index (χ4v) is 1.65. The highest BCUT2D eigenvalue weighted by atomic mass is 16.5. The summed E-state index contributed by atoms with van der Waals surface area (Å²) in [6, 6.07) is 4.98. The monoisotopic (exact) mass is 245 g/mol. The summed E-state index contributed by atoms with van der Waals surface area (Å²) in [6.07, 6.45) is 5.54. The van der Waals surface area contributed by atoms with Gasteiger partial charge in [0.2, 0.25) is 0 Å². The Morgan fingerprint density at radius 2 is 2.28 bits per heavy atom. The third kappa shape index (κ3) is 2.88. The summed E-state index contributed by atoms with van der Waals surface area (Å²) < 4.78 is 5.80. The maximum atomic E-state index is 10.5. The van der Waals surface area contributed by atoms with E-state index in [2.05, 4.69) is 10.5 Å². The van der Waals surface area contributed by atoms with Gasteiger partial charge < -0.3 is 10.5 Å². The average Bonchev–Trinajstić information content (AvgIpc) is 2.28. The molecule has 0 atom stereocenters. The molecule has 0 unspecified atom stereocenters. The van der Waals surface area contributed by atoms with Gasteiger partial charge in [-0.05, 0) is 43.7 Å². The molecular weight excluding hydrogens is 230 g/mol. The third-order valence-corrected chi connectivity index (χ3v) is 2.46. The average molecular weight is 245 g/mol. The summed E-state index contributed by atoms with van der Waals surface area (Å²) in [4.78, 5) is 10.5. The number of hydrazone groups is 1. The standard InChI is InChI=1S/C13H15N3O2/c1-13(2)6-5-10-7-9(3-4-11(10)18-13)8-15-16-12(14)17/h3-8H,1-2H3,(H3,14,16,17). The number of urea groups is 1. The largest absolute Gasteiger partial charge is 0.483 e. The van der Waals surface area contributed by atoms with Crippen molar-refractivity contribution in [1.29, 1.82) is 0 Å². The van der Waals surface area contributed by atoms with E-state index in [9.17, 15) is 4.79 Å². The molecule has 0 fully saturated rings. The van der Waals surface area contributed by atoms with Crippen LogP contribution in [0, 0.1) is 0 Å². The van der Waals surface area contributed by atoms with Crippen molar-refractivity contribution >= 4 is 18.3 Å². The topological polar surface area (TPSA) is 76.7 Å². The van der Waals surface area contributed by atoms with Crippen molar-refractivity contribution in [2.45, 2.75) is 19.4 Å². The first-order valence-corrected chi connectivity index (χ1v) is 5.57. The molecule has 2 rings (SSSR count). The maximum absolute atomic E-state index is 10.5. The molecule has 0 spiro atoms. The number of benzene rings is 1. The normalized spacial score (nSPS) is 16.1. The van der Waals surface area contributed by atoms with Crippen molar-refractivity contribution in [3.05, 3.63) is 35.4 Å². The van der Waals surface area contributed by atoms with Crippen LogP contribution in [0.4, 0.5) is 4.79 Å². The van der Waals surface area contributed by atoms with Crippen LogP contribution in [0.3, 0.4) is 0 Å². The van der Waals surface area contributed by atoms with Crippen molar-refractivity contribution in [3.63, 3.8) is 0 Å². The van der Waals surface area contributed by atoms with Crippen LogP contribution in [0.1, 0.15) is 25.0 Å². The summed E-state index contributed by atoms with van der Waals surface area (Å²) in [7, 11) is 0. The highest BCUT2D eigenvalue weighted by Gasteiger charge is 2.21. The van der Waals surface area contributed by atoms with Crippen molar-refractivity contribution in [2.24, 2.45) is 10.8 Å². The van der Waals surface area contributed by atoms with E-state index in [1.165, 1.54) is 6.21 Å². The second-order valence-corrected chi connectivity index (χ2v) is 4.57. The molecule has 0 radical (unpaired) electrons. The Labute approximate surface area is 105 Å². The number of nitrogens with two attached hydrogens (primary N) is 1. The molecule has 1 heterocycles. The molecule has 0 bridgehead atoms. The van der Waals surface area contributed by atoms with E-state index in [1.807, 2.05) is 44.2 Å². The van der Waals surface area contributed by atoms with Gasteiger partial charge >= 0.3 is 6.03 Å². The molecule has 1 aromatic rings. The maximum Gasteiger partial charge on any atom is 0.332 e. The number of nitrogens with one attached hydrogen (secondary N) is 1. The van der Waals surface area contributed by atoms with Gasteiger partial charge in [0.05, 0.1) is 6.21 Å². The zero-order valence-electron chi connectivity index (χ0n) is 10.3. The lowest BCUT2D eigenvalue weighted by Crippen LogP contribution is -2.27. The van der Waals surface area contributed by atoms with E-state index in [4.69, 9.17) is 10.5 Å². The predicted octanol–water partition coefficient (Wildman–Crippen LogP) is 1.87. The van der Waals surface area contributed by atoms with Crippen LogP contribution in [0.25, 0.3) is 6.08 Å². The molecule has 2 amide bonds. The Balaban J connectivity index is 2.19. The van der Waals surface area contributed by atoms with E-state index >= 15 is 0 Å². The Morgan fingerprint density at radius 1 is 1.50 bits per heavy atom. The SMILES string of the molecule is CC1(C)C=Cc2cc(C=NNC(N)=O)ccc2O1. The van der Waals surface area contributed by atoms with E-state index in [1.54, 1.807) is 0 Å². The quantitative estimate of drug-likeness (QED) is 0.616. The fraction of sp³-hybridized carbons (Fsp3) is 0.231. The molecule has 18 heavy (non-hydrogen) atoms. The number of hydrogen-bond donors (Lipinski definition) is 2. The Hall–Kier alpha value is -2.30. The van der Waals surface area contributed by atoms with Crippen molar-refractivity contribution < 1.29 is 9.53 Å². The second-order valence-electron chi connectivity index (χ2n) is 4.57. The van der Waals surface area contributed by atoms with Crippen molar-refractivity contribution in [2.75, 3.05) is 0 Å². The summed E-state index contributed by atoms with van der Waals surface area (Å²) >= 11 is 0. The van der Waals surface area contributed by atoms with Gasteiger partial charge in [-0.3, -0.25) is 0 Å². The summed E-state index contributed by atoms with van der Waals surface area (Å²) in [5, 5.41) is 3.70. The molecule has 1 aromatic carbocycles. The molecule has 0 aromatic heterocycles. The number of primary amides is 1. The van der Waals surface area contributed by atoms with E-state index in [-0.39, 0.29) is 5.60 Å². The van der Waals surface area contributed by atoms with Gasteiger partial charge in [-0.25, -0.2) is 10.2 Å². The lowest BCUT2D eigenvalue weighted by molar-refractivity contribution is 0.159. The van der Waals surface area contributed by atoms with Gasteiger partial charge in [0.25, 0.3) is 0 Å². The second kappa shape index (κ2) is 4.52. The Bertz CT molecular complexity index is 533. The van der Waals surface area contributed by atoms with E-state index < -0.39 is 6.03 Å². The summed E-state index contributed by atoms with van der Waals surface area (Å²) in [5.74, 6) is 0.836. The van der Waals surface area contributed by atoms with Crippen LogP contribution in [0.5, 0.6) is 5.75 Å². The Morgan fingerprint density at radius 3 is 3.00 bits per heavy atom. The minimum Gasteiger partial charge on any atom is -0.483 e.